The summed E-state index contributed by atoms with van der Waals surface area (Å²) < 4.78 is 15.6. The first-order valence-corrected chi connectivity index (χ1v) is 12.7. The maximum atomic E-state index is 11.9. The number of aryl methyl sites for hydroxylation is 1. The van der Waals surface area contributed by atoms with Gasteiger partial charge in [0.1, 0.15) is 11.6 Å². The van der Waals surface area contributed by atoms with Crippen LogP contribution in [-0.4, -0.2) is 47.8 Å². The second-order valence-corrected chi connectivity index (χ2v) is 9.92. The molecule has 0 bridgehead atoms. The number of halogens is 1. The van der Waals surface area contributed by atoms with E-state index in [4.69, 9.17) is 27.1 Å². The Labute approximate surface area is 206 Å². The fourth-order valence-corrected chi connectivity index (χ4v) is 4.20. The Kier molecular flexibility index (Phi) is 10.6. The van der Waals surface area contributed by atoms with E-state index >= 15 is 0 Å². The second kappa shape index (κ2) is 12.9. The molecule has 1 aromatic heterocycles. The Morgan fingerprint density at radius 1 is 1.38 bits per heavy atom. The van der Waals surface area contributed by atoms with Crippen LogP contribution in [0.1, 0.15) is 30.3 Å². The summed E-state index contributed by atoms with van der Waals surface area (Å²) in [5.74, 6) is 0.723. The summed E-state index contributed by atoms with van der Waals surface area (Å²) >= 11 is 6.29. The number of thiol groups is 1. The first kappa shape index (κ1) is 27.9. The molecule has 0 radical (unpaired) electrons. The predicted octanol–water partition coefficient (Wildman–Crippen LogP) is 3.58. The highest BCUT2D eigenvalue weighted by Gasteiger charge is 2.16. The van der Waals surface area contributed by atoms with Crippen molar-refractivity contribution in [2.45, 2.75) is 26.8 Å². The topological polar surface area (TPSA) is 159 Å². The van der Waals surface area contributed by atoms with E-state index in [2.05, 4.69) is 14.5 Å². The van der Waals surface area contributed by atoms with Gasteiger partial charge in [0, 0.05) is 33.8 Å². The highest BCUT2D eigenvalue weighted by atomic mass is 35.5. The molecule has 2 aromatic rings. The number of carbonyl (C=O) groups is 1. The smallest absolute Gasteiger partial charge is 0.383 e. The Bertz CT molecular complexity index is 1170. The Morgan fingerprint density at radius 2 is 2.12 bits per heavy atom. The minimum atomic E-state index is -4.68. The van der Waals surface area contributed by atoms with E-state index < -0.39 is 7.82 Å². The number of allylic oxidation sites excluding steroid dienone is 1. The molecule has 0 fully saturated rings. The van der Waals surface area contributed by atoms with Crippen LogP contribution < -0.4 is 5.73 Å². The van der Waals surface area contributed by atoms with E-state index in [1.165, 1.54) is 17.2 Å². The zero-order valence-corrected chi connectivity index (χ0v) is 21.0. The van der Waals surface area contributed by atoms with Crippen molar-refractivity contribution in [3.05, 3.63) is 69.1 Å². The monoisotopic (exact) mass is 528 g/mol. The van der Waals surface area contributed by atoms with Crippen molar-refractivity contribution >= 4 is 54.1 Å². The number of phosphoric acid groups is 1. The van der Waals surface area contributed by atoms with Gasteiger partial charge < -0.3 is 25.5 Å². The number of hydrogen-bond donors (Lipinski definition) is 5. The standard InChI is InChI=1S/C21H26ClN4O6PS/c1-14(26(13-27)12-17-11-24-15(2)25-21(17)23)19(8-9-32-33(29,30)31)34-20(28)7-6-16-4-3-5-18(22)10-16/h3-7,10-11,13,28,34H,8-9,12H2,1-2H3,(H2,23,24,25)(H2,29,30,31)/b7-6+,19-14-. The van der Waals surface area contributed by atoms with Crippen LogP contribution in [0.3, 0.4) is 0 Å². The number of amides is 1. The summed E-state index contributed by atoms with van der Waals surface area (Å²) in [5, 5.41) is 11.0. The first-order valence-electron chi connectivity index (χ1n) is 9.89. The van der Waals surface area contributed by atoms with Crippen LogP contribution in [-0.2, 0) is 20.4 Å². The van der Waals surface area contributed by atoms with Crippen molar-refractivity contribution < 1.29 is 28.8 Å². The van der Waals surface area contributed by atoms with E-state index in [-0.39, 0.29) is 30.4 Å². The molecule has 5 N–H and O–H groups in total. The lowest BCUT2D eigenvalue weighted by Gasteiger charge is -2.21. The third-order valence-electron chi connectivity index (χ3n) is 4.46. The molecule has 0 aliphatic carbocycles. The maximum Gasteiger partial charge on any atom is 0.469 e. The van der Waals surface area contributed by atoms with E-state index in [0.717, 1.165) is 5.56 Å². The minimum absolute atomic E-state index is 0.0395. The van der Waals surface area contributed by atoms with Gasteiger partial charge in [-0.15, -0.1) is 11.4 Å². The van der Waals surface area contributed by atoms with Gasteiger partial charge in [-0.1, -0.05) is 29.8 Å². The van der Waals surface area contributed by atoms with Gasteiger partial charge in [-0.05, 0) is 37.6 Å². The number of rotatable bonds is 11. The number of aromatic nitrogens is 2. The minimum Gasteiger partial charge on any atom is -0.383 e. The molecule has 0 atom stereocenters. The number of anilines is 1. The fraction of sp³-hybridized carbons (Fsp3) is 0.238. The molecule has 1 amide bonds. The van der Waals surface area contributed by atoms with Gasteiger partial charge >= 0.3 is 7.82 Å². The van der Waals surface area contributed by atoms with Crippen molar-refractivity contribution in [2.75, 3.05) is 12.3 Å². The molecule has 10 nitrogen and oxygen atoms in total. The highest BCUT2D eigenvalue weighted by molar-refractivity contribution is 8.02. The molecule has 0 saturated carbocycles. The summed E-state index contributed by atoms with van der Waals surface area (Å²) in [6, 6.07) is 7.03. The maximum absolute atomic E-state index is 11.9. The van der Waals surface area contributed by atoms with Crippen molar-refractivity contribution in [3.8, 4) is 0 Å². The average Bonchev–Trinajstić information content (AvgIpc) is 2.75. The molecule has 34 heavy (non-hydrogen) atoms. The Morgan fingerprint density at radius 3 is 2.74 bits per heavy atom. The van der Waals surface area contributed by atoms with E-state index in [1.807, 2.05) is 6.07 Å². The number of nitrogen functional groups attached to an aromatic ring is 1. The molecule has 13 heteroatoms. The summed E-state index contributed by atoms with van der Waals surface area (Å²) in [4.78, 5) is 39.9. The van der Waals surface area contributed by atoms with Gasteiger partial charge in [0.15, 0.2) is 0 Å². The number of carbonyl (C=O) groups excluding carboxylic acids is 1. The summed E-state index contributed by atoms with van der Waals surface area (Å²) in [7, 11) is -4.68. The molecule has 1 heterocycles. The number of nitrogens with zero attached hydrogens (tertiary/aromatic N) is 3. The number of nitrogens with two attached hydrogens (primary N) is 1. The summed E-state index contributed by atoms with van der Waals surface area (Å²) in [5.41, 5.74) is 7.68. The van der Waals surface area contributed by atoms with Gasteiger partial charge in [-0.2, -0.15) is 0 Å². The first-order chi connectivity index (χ1) is 16.0. The predicted molar refractivity (Wildman–Crippen MR) is 135 cm³/mol. The van der Waals surface area contributed by atoms with Crippen molar-refractivity contribution in [1.82, 2.24) is 14.9 Å². The van der Waals surface area contributed by atoms with Crippen LogP contribution in [0.4, 0.5) is 5.82 Å². The van der Waals surface area contributed by atoms with Crippen molar-refractivity contribution in [3.63, 3.8) is 0 Å². The van der Waals surface area contributed by atoms with Gasteiger partial charge in [0.25, 0.3) is 0 Å². The zero-order valence-electron chi connectivity index (χ0n) is 18.5. The third-order valence-corrected chi connectivity index (χ3v) is 6.41. The number of hydrogen-bond acceptors (Lipinski definition) is 6. The molecular weight excluding hydrogens is 503 g/mol. The molecule has 0 aliphatic heterocycles. The molecular formula is C21H26ClN4O6PS. The van der Waals surface area contributed by atoms with Gasteiger partial charge in [0.2, 0.25) is 6.41 Å². The third kappa shape index (κ3) is 9.47. The van der Waals surface area contributed by atoms with Crippen LogP contribution in [0.5, 0.6) is 0 Å². The van der Waals surface area contributed by atoms with E-state index in [0.29, 0.717) is 44.8 Å². The van der Waals surface area contributed by atoms with Crippen LogP contribution >= 0.6 is 30.8 Å². The average molecular weight is 529 g/mol. The lowest BCUT2D eigenvalue weighted by Crippen LogP contribution is -2.22. The molecule has 0 unspecified atom stereocenters. The van der Waals surface area contributed by atoms with Crippen LogP contribution in [0.2, 0.25) is 5.02 Å². The number of phosphoric ester groups is 1. The molecule has 0 aliphatic rings. The SMILES string of the molecule is C/C(=C(CCOP(=O)(O)O)/[SH]=C(O)\C=C\c1cccc(Cl)c1)N(C=O)Cc1cnc(C)nc1N. The Balaban J connectivity index is 2.35. The van der Waals surface area contributed by atoms with Gasteiger partial charge in [-0.3, -0.25) is 9.32 Å². The quantitative estimate of drug-likeness (QED) is 0.0965. The summed E-state index contributed by atoms with van der Waals surface area (Å²) in [6.45, 7) is 3.08. The van der Waals surface area contributed by atoms with E-state index in [9.17, 15) is 14.5 Å². The lowest BCUT2D eigenvalue weighted by molar-refractivity contribution is -0.116. The zero-order chi connectivity index (χ0) is 25.3. The second-order valence-electron chi connectivity index (χ2n) is 7.03. The van der Waals surface area contributed by atoms with Crippen LogP contribution in [0.25, 0.3) is 6.08 Å². The van der Waals surface area contributed by atoms with Gasteiger partial charge in [0.05, 0.1) is 18.2 Å². The number of aliphatic hydroxyl groups excluding tert-OH is 1. The van der Waals surface area contributed by atoms with Crippen LogP contribution in [0, 0.1) is 6.92 Å². The van der Waals surface area contributed by atoms with Crippen molar-refractivity contribution in [1.29, 1.82) is 0 Å². The number of aliphatic hydroxyl groups is 1. The lowest BCUT2D eigenvalue weighted by atomic mass is 10.2. The van der Waals surface area contributed by atoms with Gasteiger partial charge in [-0.25, -0.2) is 14.5 Å². The number of benzene rings is 1. The molecule has 1 aromatic carbocycles. The fourth-order valence-electron chi connectivity index (χ4n) is 2.75. The molecule has 0 spiro atoms. The molecule has 2 rings (SSSR count). The van der Waals surface area contributed by atoms with Crippen molar-refractivity contribution in [2.24, 2.45) is 0 Å². The molecule has 184 valence electrons. The summed E-state index contributed by atoms with van der Waals surface area (Å²) in [6.07, 6.45) is 5.29. The van der Waals surface area contributed by atoms with Crippen LogP contribution in [0.15, 0.2) is 47.1 Å². The highest BCUT2D eigenvalue weighted by Crippen LogP contribution is 2.36. The Hall–Kier alpha value is -2.37. The normalized spacial score (nSPS) is 13.4. The van der Waals surface area contributed by atoms with E-state index in [1.54, 1.807) is 38.1 Å². The molecule has 0 saturated heterocycles. The largest absolute Gasteiger partial charge is 0.469 e.